The van der Waals surface area contributed by atoms with E-state index in [4.69, 9.17) is 25.8 Å². The topological polar surface area (TPSA) is 65.0 Å². The first kappa shape index (κ1) is 25.8. The first-order chi connectivity index (χ1) is 16.8. The lowest BCUT2D eigenvalue weighted by Gasteiger charge is -2.41. The number of esters is 1. The smallest absolute Gasteiger partial charge is 0.349 e. The Morgan fingerprint density at radius 2 is 1.89 bits per heavy atom. The van der Waals surface area contributed by atoms with E-state index in [1.807, 2.05) is 56.3 Å². The van der Waals surface area contributed by atoms with Crippen molar-refractivity contribution in [3.05, 3.63) is 63.7 Å². The van der Waals surface area contributed by atoms with Crippen LogP contribution in [0.25, 0.3) is 0 Å². The van der Waals surface area contributed by atoms with Gasteiger partial charge in [-0.3, -0.25) is 0 Å². The molecule has 5 nitrogen and oxygen atoms in total. The van der Waals surface area contributed by atoms with Crippen molar-refractivity contribution >= 4 is 29.3 Å². The molecule has 1 fully saturated rings. The van der Waals surface area contributed by atoms with Crippen molar-refractivity contribution in [2.75, 3.05) is 7.11 Å². The van der Waals surface area contributed by atoms with Gasteiger partial charge < -0.3 is 19.3 Å². The average Bonchev–Trinajstić information content (AvgIpc) is 3.38. The molecule has 1 heterocycles. The molecule has 1 aliphatic heterocycles. The van der Waals surface area contributed by atoms with Gasteiger partial charge in [-0.1, -0.05) is 42.3 Å². The number of aliphatic hydroxyl groups excluding tert-OH is 1. The van der Waals surface area contributed by atoms with E-state index in [9.17, 15) is 9.90 Å². The van der Waals surface area contributed by atoms with Crippen LogP contribution in [0.2, 0.25) is 5.02 Å². The van der Waals surface area contributed by atoms with Gasteiger partial charge in [0.1, 0.15) is 27.8 Å². The van der Waals surface area contributed by atoms with Crippen molar-refractivity contribution in [1.82, 2.24) is 0 Å². The third-order valence-corrected chi connectivity index (χ3v) is 8.19. The fourth-order valence-electron chi connectivity index (χ4n) is 5.04. The summed E-state index contributed by atoms with van der Waals surface area (Å²) >= 11 is 7.68. The molecule has 0 spiro atoms. The molecule has 1 unspecified atom stereocenters. The van der Waals surface area contributed by atoms with Crippen LogP contribution in [-0.2, 0) is 16.0 Å². The van der Waals surface area contributed by atoms with Gasteiger partial charge >= 0.3 is 5.97 Å². The maximum absolute atomic E-state index is 13.2. The zero-order valence-electron chi connectivity index (χ0n) is 20.5. The van der Waals surface area contributed by atoms with Gasteiger partial charge in [0, 0.05) is 11.3 Å². The lowest BCUT2D eigenvalue weighted by molar-refractivity contribution is -0.166. The van der Waals surface area contributed by atoms with Crippen molar-refractivity contribution < 1.29 is 24.1 Å². The molecule has 2 aliphatic rings. The van der Waals surface area contributed by atoms with E-state index in [1.165, 1.54) is 11.8 Å². The maximum atomic E-state index is 13.2. The molecular formula is C28H33ClO5S. The van der Waals surface area contributed by atoms with Crippen LogP contribution in [0.5, 0.6) is 11.5 Å². The van der Waals surface area contributed by atoms with Crippen LogP contribution < -0.4 is 9.47 Å². The van der Waals surface area contributed by atoms with Gasteiger partial charge in [0.15, 0.2) is 0 Å². The standard InChI is InChI=1S/C28H33ClO5S/c1-18(2)33-25-13-8-19(16-23(25)29)14-15-28(20-6-4-5-7-20)17-24(30)26(27(31)34-28)35-22-11-9-21(32-3)10-12-22/h8-13,16,18,20,30H,4-7,14-15,17H2,1-3H3. The number of ether oxygens (including phenoxy) is 3. The number of halogens is 1. The summed E-state index contributed by atoms with van der Waals surface area (Å²) in [6.07, 6.45) is 5.96. The van der Waals surface area contributed by atoms with Crippen molar-refractivity contribution in [1.29, 1.82) is 0 Å². The molecule has 0 saturated heterocycles. The van der Waals surface area contributed by atoms with Gasteiger partial charge in [0.05, 0.1) is 18.2 Å². The molecule has 7 heteroatoms. The Bertz CT molecular complexity index is 1080. The number of carbonyl (C=O) groups is 1. The Hall–Kier alpha value is -2.31. The highest BCUT2D eigenvalue weighted by molar-refractivity contribution is 8.04. The van der Waals surface area contributed by atoms with Crippen molar-refractivity contribution in [2.24, 2.45) is 5.92 Å². The minimum absolute atomic E-state index is 0.0466. The second-order valence-electron chi connectivity index (χ2n) is 9.60. The van der Waals surface area contributed by atoms with Crippen LogP contribution in [-0.4, -0.2) is 29.9 Å². The third kappa shape index (κ3) is 6.10. The fourth-order valence-corrected chi connectivity index (χ4v) is 6.11. The number of aryl methyl sites for hydroxylation is 1. The normalized spacial score (nSPS) is 20.9. The molecule has 2 aromatic carbocycles. The first-order valence-corrected chi connectivity index (χ1v) is 13.4. The second kappa shape index (κ2) is 11.2. The van der Waals surface area contributed by atoms with Crippen LogP contribution in [0.3, 0.4) is 0 Å². The molecule has 1 atom stereocenters. The van der Waals surface area contributed by atoms with Crippen LogP contribution >= 0.6 is 23.4 Å². The van der Waals surface area contributed by atoms with E-state index in [0.717, 1.165) is 41.9 Å². The second-order valence-corrected chi connectivity index (χ2v) is 11.1. The Labute approximate surface area is 216 Å². The molecule has 188 valence electrons. The van der Waals surface area contributed by atoms with Gasteiger partial charge in [-0.2, -0.15) is 0 Å². The number of methoxy groups -OCH3 is 1. The summed E-state index contributed by atoms with van der Waals surface area (Å²) in [4.78, 5) is 14.3. The number of carbonyl (C=O) groups excluding carboxylic acids is 1. The maximum Gasteiger partial charge on any atom is 0.349 e. The zero-order valence-corrected chi connectivity index (χ0v) is 22.1. The minimum atomic E-state index is -0.707. The van der Waals surface area contributed by atoms with E-state index >= 15 is 0 Å². The van der Waals surface area contributed by atoms with Gasteiger partial charge in [0.25, 0.3) is 0 Å². The molecule has 4 rings (SSSR count). The van der Waals surface area contributed by atoms with Crippen molar-refractivity contribution in [3.8, 4) is 11.5 Å². The summed E-state index contributed by atoms with van der Waals surface area (Å²) in [7, 11) is 1.61. The van der Waals surface area contributed by atoms with E-state index in [-0.39, 0.29) is 22.7 Å². The number of rotatable bonds is 9. The lowest BCUT2D eigenvalue weighted by atomic mass is 9.77. The number of hydrogen-bond acceptors (Lipinski definition) is 6. The molecule has 35 heavy (non-hydrogen) atoms. The monoisotopic (exact) mass is 516 g/mol. The minimum Gasteiger partial charge on any atom is -0.511 e. The number of hydrogen-bond donors (Lipinski definition) is 1. The Balaban J connectivity index is 1.53. The summed E-state index contributed by atoms with van der Waals surface area (Å²) in [5.41, 5.74) is 0.350. The Morgan fingerprint density at radius 1 is 1.17 bits per heavy atom. The number of cyclic esters (lactones) is 1. The van der Waals surface area contributed by atoms with E-state index in [1.54, 1.807) is 7.11 Å². The molecular weight excluding hydrogens is 484 g/mol. The highest BCUT2D eigenvalue weighted by atomic mass is 35.5. The van der Waals surface area contributed by atoms with Crippen LogP contribution in [0.15, 0.2) is 58.0 Å². The third-order valence-electron chi connectivity index (χ3n) is 6.78. The van der Waals surface area contributed by atoms with Crippen molar-refractivity contribution in [3.63, 3.8) is 0 Å². The highest BCUT2D eigenvalue weighted by Crippen LogP contribution is 2.48. The molecule has 0 radical (unpaired) electrons. The summed E-state index contributed by atoms with van der Waals surface area (Å²) in [6.45, 7) is 3.93. The SMILES string of the molecule is COc1ccc(SC2=C(O)CC(CCc3ccc(OC(C)C)c(Cl)c3)(C3CCCC3)OC2=O)cc1. The summed E-state index contributed by atoms with van der Waals surface area (Å²) in [5.74, 6) is 1.32. The lowest BCUT2D eigenvalue weighted by Crippen LogP contribution is -2.45. The first-order valence-electron chi connectivity index (χ1n) is 12.2. The summed E-state index contributed by atoms with van der Waals surface area (Å²) < 4.78 is 17.2. The van der Waals surface area contributed by atoms with Gasteiger partial charge in [-0.25, -0.2) is 4.79 Å². The number of aliphatic hydroxyl groups is 1. The van der Waals surface area contributed by atoms with Crippen LogP contribution in [0.1, 0.15) is 57.9 Å². The van der Waals surface area contributed by atoms with Gasteiger partial charge in [-0.05, 0) is 87.4 Å². The van der Waals surface area contributed by atoms with E-state index in [0.29, 0.717) is 30.0 Å². The molecule has 0 amide bonds. The predicted molar refractivity (Wildman–Crippen MR) is 139 cm³/mol. The summed E-state index contributed by atoms with van der Waals surface area (Å²) in [5, 5.41) is 11.6. The average molecular weight is 517 g/mol. The number of benzene rings is 2. The molecule has 0 bridgehead atoms. The zero-order chi connectivity index (χ0) is 25.0. The molecule has 1 saturated carbocycles. The van der Waals surface area contributed by atoms with Gasteiger partial charge in [-0.15, -0.1) is 0 Å². The fraction of sp³-hybridized carbons (Fsp3) is 0.464. The molecule has 1 N–H and O–H groups in total. The predicted octanol–water partition coefficient (Wildman–Crippen LogP) is 7.51. The van der Waals surface area contributed by atoms with Crippen LogP contribution in [0.4, 0.5) is 0 Å². The number of thioether (sulfide) groups is 1. The van der Waals surface area contributed by atoms with Crippen molar-refractivity contribution in [2.45, 2.75) is 75.4 Å². The van der Waals surface area contributed by atoms with Crippen LogP contribution in [0, 0.1) is 5.92 Å². The highest BCUT2D eigenvalue weighted by Gasteiger charge is 2.48. The molecule has 0 aromatic heterocycles. The van der Waals surface area contributed by atoms with E-state index < -0.39 is 11.6 Å². The Morgan fingerprint density at radius 3 is 2.49 bits per heavy atom. The Kier molecular flexibility index (Phi) is 8.23. The van der Waals surface area contributed by atoms with E-state index in [2.05, 4.69) is 0 Å². The summed E-state index contributed by atoms with van der Waals surface area (Å²) in [6, 6.07) is 13.2. The molecule has 1 aliphatic carbocycles. The van der Waals surface area contributed by atoms with Gasteiger partial charge in [0.2, 0.25) is 0 Å². The largest absolute Gasteiger partial charge is 0.511 e. The quantitative estimate of drug-likeness (QED) is 0.348. The molecule has 2 aromatic rings.